The van der Waals surface area contributed by atoms with Gasteiger partial charge in [-0.15, -0.1) is 0 Å². The highest BCUT2D eigenvalue weighted by Crippen LogP contribution is 2.17. The molecule has 0 fully saturated rings. The van der Waals surface area contributed by atoms with Gasteiger partial charge in [0.2, 0.25) is 11.0 Å². The van der Waals surface area contributed by atoms with E-state index in [2.05, 4.69) is 22.8 Å². The van der Waals surface area contributed by atoms with Gasteiger partial charge in [-0.3, -0.25) is 4.79 Å². The first kappa shape index (κ1) is 14.5. The molecule has 3 nitrogen and oxygen atoms in total. The molecule has 0 saturated carbocycles. The van der Waals surface area contributed by atoms with Gasteiger partial charge < -0.3 is 22.1 Å². The Hall–Kier alpha value is -1.94. The minimum Gasteiger partial charge on any atom is -1.00 e. The van der Waals surface area contributed by atoms with Crippen molar-refractivity contribution in [3.63, 3.8) is 0 Å². The Kier molecular flexibility index (Phi) is 4.35. The van der Waals surface area contributed by atoms with Crippen LogP contribution in [0.4, 0.5) is 0 Å². The lowest BCUT2D eigenvalue weighted by Gasteiger charge is -2.04. The Balaban J connectivity index is 0.00000147. The molecule has 0 amide bonds. The van der Waals surface area contributed by atoms with Crippen LogP contribution < -0.4 is 21.5 Å². The van der Waals surface area contributed by atoms with Crippen molar-refractivity contribution in [1.82, 2.24) is 0 Å². The average Bonchev–Trinajstić information content (AvgIpc) is 2.43. The molecule has 0 aliphatic heterocycles. The van der Waals surface area contributed by atoms with E-state index in [1.807, 2.05) is 36.4 Å². The number of para-hydroxylation sites is 2. The molecule has 1 N–H and O–H groups in total. The van der Waals surface area contributed by atoms with Gasteiger partial charge >= 0.3 is 5.97 Å². The minimum absolute atomic E-state index is 0. The van der Waals surface area contributed by atoms with Crippen molar-refractivity contribution in [1.29, 1.82) is 0 Å². The Labute approximate surface area is 127 Å². The molecule has 0 atom stereocenters. The van der Waals surface area contributed by atoms with Crippen molar-refractivity contribution in [2.45, 2.75) is 13.0 Å². The van der Waals surface area contributed by atoms with Gasteiger partial charge in [0, 0.05) is 22.9 Å². The van der Waals surface area contributed by atoms with Gasteiger partial charge in [0.25, 0.3) is 0 Å². The average molecular weight is 332 g/mol. The van der Waals surface area contributed by atoms with Crippen LogP contribution in [-0.4, -0.2) is 11.1 Å². The van der Waals surface area contributed by atoms with Crippen molar-refractivity contribution in [2.75, 3.05) is 0 Å². The van der Waals surface area contributed by atoms with Crippen molar-refractivity contribution in [3.8, 4) is 0 Å². The zero-order valence-corrected chi connectivity index (χ0v) is 12.4. The molecule has 2 aromatic carbocycles. The number of fused-ring (bicyclic) bond motifs is 2. The molecule has 0 spiro atoms. The van der Waals surface area contributed by atoms with E-state index in [1.54, 1.807) is 0 Å². The number of benzene rings is 2. The van der Waals surface area contributed by atoms with Crippen LogP contribution in [0.15, 0.2) is 54.6 Å². The van der Waals surface area contributed by atoms with Gasteiger partial charge in [0.05, 0.1) is 0 Å². The predicted molar refractivity (Wildman–Crippen MR) is 73.9 cm³/mol. The first-order valence-corrected chi connectivity index (χ1v) is 6.28. The predicted octanol–water partition coefficient (Wildman–Crippen LogP) is -0.241. The Morgan fingerprint density at radius 1 is 0.950 bits per heavy atom. The summed E-state index contributed by atoms with van der Waals surface area (Å²) in [6.45, 7) is 0.483. The largest absolute Gasteiger partial charge is 1.00 e. The molecule has 1 heterocycles. The number of aryl methyl sites for hydroxylation is 1. The summed E-state index contributed by atoms with van der Waals surface area (Å²) in [6.07, 6.45) is 0.128. The lowest BCUT2D eigenvalue weighted by molar-refractivity contribution is -0.644. The third-order valence-corrected chi connectivity index (χ3v) is 3.32. The number of hydrogen-bond donors (Lipinski definition) is 1. The van der Waals surface area contributed by atoms with E-state index >= 15 is 0 Å². The fourth-order valence-electron chi connectivity index (χ4n) is 2.46. The Morgan fingerprint density at radius 2 is 1.45 bits per heavy atom. The number of carbonyl (C=O) groups is 1. The summed E-state index contributed by atoms with van der Waals surface area (Å²) in [7, 11) is 0. The second-order valence-electron chi connectivity index (χ2n) is 4.56. The molecule has 102 valence electrons. The van der Waals surface area contributed by atoms with E-state index in [4.69, 9.17) is 5.11 Å². The maximum Gasteiger partial charge on any atom is 0.309 e. The number of carboxylic acids is 1. The van der Waals surface area contributed by atoms with Gasteiger partial charge in [-0.2, -0.15) is 4.57 Å². The van der Waals surface area contributed by atoms with E-state index < -0.39 is 5.97 Å². The highest BCUT2D eigenvalue weighted by molar-refractivity contribution is 5.88. The fourth-order valence-corrected chi connectivity index (χ4v) is 2.46. The third-order valence-electron chi connectivity index (χ3n) is 3.32. The molecule has 3 rings (SSSR count). The van der Waals surface area contributed by atoms with Gasteiger partial charge in [-0.1, -0.05) is 24.3 Å². The molecule has 0 bridgehead atoms. The van der Waals surface area contributed by atoms with E-state index in [-0.39, 0.29) is 23.4 Å². The molecule has 0 aliphatic carbocycles. The van der Waals surface area contributed by atoms with Crippen LogP contribution in [0.3, 0.4) is 0 Å². The summed E-state index contributed by atoms with van der Waals surface area (Å²) in [5.74, 6) is -0.774. The number of pyridine rings is 1. The van der Waals surface area contributed by atoms with E-state index in [1.165, 1.54) is 0 Å². The lowest BCUT2D eigenvalue weighted by Crippen LogP contribution is -3.00. The number of carboxylic acid groups (broad SMARTS) is 1. The van der Waals surface area contributed by atoms with Crippen LogP contribution in [0.25, 0.3) is 21.8 Å². The standard InChI is InChI=1S/C16H13NO2.BrH/c18-16(19)9-10-17-14-7-3-1-5-12(14)11-13-6-2-4-8-15(13)17;/h1-8,11H,9-10H2;1H. The molecule has 20 heavy (non-hydrogen) atoms. The van der Waals surface area contributed by atoms with Crippen molar-refractivity contribution in [3.05, 3.63) is 54.6 Å². The number of nitrogens with zero attached hydrogens (tertiary/aromatic N) is 1. The van der Waals surface area contributed by atoms with E-state index in [9.17, 15) is 4.79 Å². The third kappa shape index (κ3) is 2.65. The highest BCUT2D eigenvalue weighted by atomic mass is 79.9. The first-order chi connectivity index (χ1) is 9.25. The quantitative estimate of drug-likeness (QED) is 0.531. The van der Waals surface area contributed by atoms with Crippen LogP contribution >= 0.6 is 0 Å². The number of aliphatic carboxylic acids is 1. The Morgan fingerprint density at radius 3 is 1.95 bits per heavy atom. The van der Waals surface area contributed by atoms with E-state index in [0.717, 1.165) is 21.8 Å². The van der Waals surface area contributed by atoms with Crippen LogP contribution in [0.2, 0.25) is 0 Å². The number of halogens is 1. The second-order valence-corrected chi connectivity index (χ2v) is 4.56. The van der Waals surface area contributed by atoms with Crippen LogP contribution in [0.5, 0.6) is 0 Å². The molecule has 0 radical (unpaired) electrons. The minimum atomic E-state index is -0.774. The molecule has 1 aromatic heterocycles. The molecule has 0 unspecified atom stereocenters. The number of aromatic nitrogens is 1. The Bertz CT molecular complexity index is 717. The zero-order chi connectivity index (χ0) is 13.2. The molecule has 4 heteroatoms. The fraction of sp³-hybridized carbons (Fsp3) is 0.125. The summed E-state index contributed by atoms with van der Waals surface area (Å²) >= 11 is 0. The van der Waals surface area contributed by atoms with Crippen LogP contribution in [-0.2, 0) is 11.3 Å². The summed E-state index contributed by atoms with van der Waals surface area (Å²) < 4.78 is 2.08. The van der Waals surface area contributed by atoms with Crippen LogP contribution in [0, 0.1) is 0 Å². The van der Waals surface area contributed by atoms with Crippen molar-refractivity contribution < 1.29 is 31.4 Å². The number of rotatable bonds is 3. The maximum atomic E-state index is 10.8. The SMILES string of the molecule is O=C(O)CC[n+]1c2ccccc2cc2ccccc21.[Br-]. The van der Waals surface area contributed by atoms with E-state index in [0.29, 0.717) is 6.54 Å². The summed E-state index contributed by atoms with van der Waals surface area (Å²) in [5.41, 5.74) is 2.14. The summed E-state index contributed by atoms with van der Waals surface area (Å²) in [6, 6.07) is 18.3. The smallest absolute Gasteiger partial charge is 0.309 e. The summed E-state index contributed by atoms with van der Waals surface area (Å²) in [5, 5.41) is 11.2. The second kappa shape index (κ2) is 6.01. The molecule has 0 saturated heterocycles. The maximum absolute atomic E-state index is 10.8. The monoisotopic (exact) mass is 331 g/mol. The molecular weight excluding hydrogens is 318 g/mol. The van der Waals surface area contributed by atoms with Crippen molar-refractivity contribution >= 4 is 27.8 Å². The van der Waals surface area contributed by atoms with Gasteiger partial charge in [0.15, 0.2) is 6.54 Å². The highest BCUT2D eigenvalue weighted by Gasteiger charge is 2.15. The summed E-state index contributed by atoms with van der Waals surface area (Å²) in [4.78, 5) is 10.8. The first-order valence-electron chi connectivity index (χ1n) is 6.28. The van der Waals surface area contributed by atoms with Gasteiger partial charge in [-0.25, -0.2) is 0 Å². The molecule has 0 aliphatic rings. The zero-order valence-electron chi connectivity index (χ0n) is 10.8. The van der Waals surface area contributed by atoms with Crippen molar-refractivity contribution in [2.24, 2.45) is 0 Å². The van der Waals surface area contributed by atoms with Gasteiger partial charge in [0.1, 0.15) is 6.42 Å². The molecule has 3 aromatic rings. The lowest BCUT2D eigenvalue weighted by atomic mass is 10.1. The van der Waals surface area contributed by atoms with Crippen LogP contribution in [0.1, 0.15) is 6.42 Å². The number of hydrogen-bond acceptors (Lipinski definition) is 1. The normalized spacial score (nSPS) is 10.4. The molecular formula is C16H14BrNO2. The topological polar surface area (TPSA) is 41.2 Å². The van der Waals surface area contributed by atoms with Gasteiger partial charge in [-0.05, 0) is 18.2 Å².